The zero-order valence-corrected chi connectivity index (χ0v) is 11.2. The quantitative estimate of drug-likeness (QED) is 0.645. The summed E-state index contributed by atoms with van der Waals surface area (Å²) in [7, 11) is 0. The van der Waals surface area contributed by atoms with E-state index in [9.17, 15) is 4.79 Å². The number of Topliss-reactive ketones (excluding diaryl/α,β-unsaturated/α-hetero) is 1. The largest absolute Gasteiger partial charge is 0.486 e. The van der Waals surface area contributed by atoms with Crippen LogP contribution in [0.5, 0.6) is 5.75 Å². The van der Waals surface area contributed by atoms with E-state index < -0.39 is 0 Å². The zero-order chi connectivity index (χ0) is 13.0. The highest BCUT2D eigenvalue weighted by molar-refractivity contribution is 7.80. The zero-order valence-electron chi connectivity index (χ0n) is 10.4. The number of carbonyl (C=O) groups excluding carboxylic acids is 1. The molecule has 4 heteroatoms. The van der Waals surface area contributed by atoms with Crippen LogP contribution in [0.3, 0.4) is 0 Å². The second-order valence-corrected chi connectivity index (χ2v) is 4.42. The van der Waals surface area contributed by atoms with E-state index in [2.05, 4.69) is 0 Å². The third kappa shape index (κ3) is 3.27. The summed E-state index contributed by atoms with van der Waals surface area (Å²) in [5, 5.41) is 0. The summed E-state index contributed by atoms with van der Waals surface area (Å²) in [6, 6.07) is 3.59. The highest BCUT2D eigenvalue weighted by Crippen LogP contribution is 2.25. The van der Waals surface area contributed by atoms with Crippen LogP contribution in [0.25, 0.3) is 0 Å². The first-order chi connectivity index (χ1) is 7.97. The minimum absolute atomic E-state index is 0.145. The van der Waals surface area contributed by atoms with Crippen molar-refractivity contribution in [1.82, 2.24) is 0 Å². The van der Waals surface area contributed by atoms with Gasteiger partial charge in [0.05, 0.1) is 0 Å². The Balaban J connectivity index is 3.02. The van der Waals surface area contributed by atoms with Crippen LogP contribution in [0, 0.1) is 13.8 Å². The Bertz CT molecular complexity index is 455. The topological polar surface area (TPSA) is 52.3 Å². The number of benzene rings is 1. The van der Waals surface area contributed by atoms with Gasteiger partial charge in [0.2, 0.25) is 0 Å². The smallest absolute Gasteiger partial charge is 0.162 e. The molecular weight excluding hydrogens is 234 g/mol. The number of nitrogens with two attached hydrogens (primary N) is 1. The number of thiocarbonyl (C=S) groups is 1. The van der Waals surface area contributed by atoms with Gasteiger partial charge in [-0.25, -0.2) is 0 Å². The van der Waals surface area contributed by atoms with Crippen LogP contribution in [0.1, 0.15) is 34.8 Å². The number of ether oxygens (including phenoxy) is 1. The Morgan fingerprint density at radius 2 is 2.00 bits per heavy atom. The normalized spacial score (nSPS) is 10.1. The lowest BCUT2D eigenvalue weighted by molar-refractivity contribution is 0.0987. The third-order valence-corrected chi connectivity index (χ3v) is 2.85. The van der Waals surface area contributed by atoms with E-state index in [4.69, 9.17) is 22.7 Å². The van der Waals surface area contributed by atoms with Gasteiger partial charge in [0.25, 0.3) is 0 Å². The Morgan fingerprint density at radius 3 is 2.53 bits per heavy atom. The molecule has 0 bridgehead atoms. The van der Waals surface area contributed by atoms with Crippen molar-refractivity contribution < 1.29 is 9.53 Å². The monoisotopic (exact) mass is 251 g/mol. The first-order valence-corrected chi connectivity index (χ1v) is 5.92. The average molecular weight is 251 g/mol. The van der Waals surface area contributed by atoms with Gasteiger partial charge in [-0.3, -0.25) is 4.79 Å². The molecule has 0 fully saturated rings. The van der Waals surface area contributed by atoms with Crippen LogP contribution >= 0.6 is 12.2 Å². The SMILES string of the molecule is CCC(=O)c1ccc(OCC(N)=S)c(C)c1C. The number of carbonyl (C=O) groups is 1. The van der Waals surface area contributed by atoms with Gasteiger partial charge >= 0.3 is 0 Å². The first-order valence-electron chi connectivity index (χ1n) is 5.51. The van der Waals surface area contributed by atoms with Crippen molar-refractivity contribution in [2.24, 2.45) is 5.73 Å². The highest BCUT2D eigenvalue weighted by Gasteiger charge is 2.12. The van der Waals surface area contributed by atoms with Gasteiger partial charge in [-0.05, 0) is 37.1 Å². The lowest BCUT2D eigenvalue weighted by Gasteiger charge is -2.13. The van der Waals surface area contributed by atoms with Gasteiger partial charge in [0, 0.05) is 12.0 Å². The second-order valence-electron chi connectivity index (χ2n) is 3.89. The lowest BCUT2D eigenvalue weighted by Crippen LogP contribution is -2.18. The molecule has 0 saturated carbocycles. The maximum atomic E-state index is 11.7. The van der Waals surface area contributed by atoms with Gasteiger partial charge in [-0.2, -0.15) is 0 Å². The number of ketones is 1. The first kappa shape index (κ1) is 13.6. The van der Waals surface area contributed by atoms with Crippen molar-refractivity contribution in [3.63, 3.8) is 0 Å². The van der Waals surface area contributed by atoms with Crippen LogP contribution in [0.15, 0.2) is 12.1 Å². The maximum Gasteiger partial charge on any atom is 0.162 e. The molecule has 0 amide bonds. The predicted octanol–water partition coefficient (Wildman–Crippen LogP) is 2.56. The van der Waals surface area contributed by atoms with Crippen LogP contribution < -0.4 is 10.5 Å². The lowest BCUT2D eigenvalue weighted by atomic mass is 9.98. The van der Waals surface area contributed by atoms with Gasteiger partial charge in [-0.15, -0.1) is 0 Å². The van der Waals surface area contributed by atoms with E-state index in [1.807, 2.05) is 20.8 Å². The van der Waals surface area contributed by atoms with Crippen LogP contribution in [-0.4, -0.2) is 17.4 Å². The molecule has 2 N–H and O–H groups in total. The van der Waals surface area contributed by atoms with Crippen LogP contribution in [0.2, 0.25) is 0 Å². The van der Waals surface area contributed by atoms with Crippen molar-refractivity contribution in [3.05, 3.63) is 28.8 Å². The molecule has 0 aromatic heterocycles. The summed E-state index contributed by atoms with van der Waals surface area (Å²) in [4.78, 5) is 12.0. The standard InChI is InChI=1S/C13H17NO2S/c1-4-11(15)10-5-6-12(9(3)8(10)2)16-7-13(14)17/h5-6H,4,7H2,1-3H3,(H2,14,17). The molecule has 0 aliphatic carbocycles. The Hall–Kier alpha value is -1.42. The molecule has 0 heterocycles. The minimum atomic E-state index is 0.145. The molecule has 92 valence electrons. The van der Waals surface area contributed by atoms with Crippen molar-refractivity contribution in [2.75, 3.05) is 6.61 Å². The Morgan fingerprint density at radius 1 is 1.35 bits per heavy atom. The molecular formula is C13H17NO2S. The van der Waals surface area contributed by atoms with E-state index in [-0.39, 0.29) is 12.4 Å². The Kier molecular flexibility index (Phi) is 4.63. The fraction of sp³-hybridized carbons (Fsp3) is 0.385. The average Bonchev–Trinajstić information content (AvgIpc) is 2.30. The number of hydrogen-bond acceptors (Lipinski definition) is 3. The summed E-state index contributed by atoms with van der Waals surface area (Å²) in [6.45, 7) is 5.92. The molecule has 3 nitrogen and oxygen atoms in total. The fourth-order valence-corrected chi connectivity index (χ4v) is 1.65. The molecule has 1 aromatic rings. The molecule has 1 rings (SSSR count). The highest BCUT2D eigenvalue weighted by atomic mass is 32.1. The van der Waals surface area contributed by atoms with Crippen molar-refractivity contribution in [3.8, 4) is 5.75 Å². The third-order valence-electron chi connectivity index (χ3n) is 2.73. The summed E-state index contributed by atoms with van der Waals surface area (Å²) in [5.41, 5.74) is 8.05. The fourth-order valence-electron chi connectivity index (χ4n) is 1.59. The Labute approximate surface area is 107 Å². The summed E-state index contributed by atoms with van der Waals surface area (Å²) in [6.07, 6.45) is 0.507. The molecule has 0 saturated heterocycles. The van der Waals surface area contributed by atoms with Gasteiger partial charge in [0.15, 0.2) is 5.78 Å². The predicted molar refractivity (Wildman–Crippen MR) is 72.8 cm³/mol. The summed E-state index contributed by atoms with van der Waals surface area (Å²) in [5.74, 6) is 0.870. The summed E-state index contributed by atoms with van der Waals surface area (Å²) >= 11 is 4.76. The molecule has 0 aliphatic rings. The second kappa shape index (κ2) is 5.77. The van der Waals surface area contributed by atoms with Crippen molar-refractivity contribution in [2.45, 2.75) is 27.2 Å². The van der Waals surface area contributed by atoms with E-state index in [1.54, 1.807) is 12.1 Å². The molecule has 0 radical (unpaired) electrons. The molecule has 0 unspecified atom stereocenters. The summed E-state index contributed by atoms with van der Waals surface area (Å²) < 4.78 is 5.47. The number of hydrogen-bond donors (Lipinski definition) is 1. The van der Waals surface area contributed by atoms with Crippen LogP contribution in [-0.2, 0) is 0 Å². The van der Waals surface area contributed by atoms with E-state index in [1.165, 1.54) is 0 Å². The molecule has 0 aliphatic heterocycles. The molecule has 0 atom stereocenters. The van der Waals surface area contributed by atoms with Gasteiger partial charge in [-0.1, -0.05) is 19.1 Å². The van der Waals surface area contributed by atoms with Crippen molar-refractivity contribution in [1.29, 1.82) is 0 Å². The molecule has 17 heavy (non-hydrogen) atoms. The number of rotatable bonds is 5. The van der Waals surface area contributed by atoms with Crippen molar-refractivity contribution >= 4 is 23.0 Å². The van der Waals surface area contributed by atoms with E-state index in [0.717, 1.165) is 22.4 Å². The molecule has 0 spiro atoms. The van der Waals surface area contributed by atoms with E-state index >= 15 is 0 Å². The van der Waals surface area contributed by atoms with E-state index in [0.29, 0.717) is 11.4 Å². The van der Waals surface area contributed by atoms with Gasteiger partial charge in [0.1, 0.15) is 17.3 Å². The molecule has 1 aromatic carbocycles. The maximum absolute atomic E-state index is 11.7. The van der Waals surface area contributed by atoms with Crippen LogP contribution in [0.4, 0.5) is 0 Å². The van der Waals surface area contributed by atoms with Gasteiger partial charge < -0.3 is 10.5 Å². The minimum Gasteiger partial charge on any atom is -0.486 e.